The lowest BCUT2D eigenvalue weighted by Gasteiger charge is -2.09. The van der Waals surface area contributed by atoms with Gasteiger partial charge in [-0.05, 0) is 42.0 Å². The molecule has 0 saturated heterocycles. The van der Waals surface area contributed by atoms with Crippen LogP contribution >= 0.6 is 0 Å². The van der Waals surface area contributed by atoms with Gasteiger partial charge in [-0.15, -0.1) is 0 Å². The first-order chi connectivity index (χ1) is 11.9. The zero-order valence-electron chi connectivity index (χ0n) is 13.6. The van der Waals surface area contributed by atoms with Crippen molar-refractivity contribution in [3.8, 4) is 23.0 Å². The molecular formula is C18H16O7. The summed E-state index contributed by atoms with van der Waals surface area (Å²) in [7, 11) is 2.64. The summed E-state index contributed by atoms with van der Waals surface area (Å²) >= 11 is 0. The first-order valence-electron chi connectivity index (χ1n) is 7.13. The highest BCUT2D eigenvalue weighted by Gasteiger charge is 2.13. The molecular weight excluding hydrogens is 328 g/mol. The van der Waals surface area contributed by atoms with Crippen LogP contribution in [0.25, 0.3) is 6.08 Å². The Kier molecular flexibility index (Phi) is 5.62. The molecule has 130 valence electrons. The van der Waals surface area contributed by atoms with Gasteiger partial charge in [-0.2, -0.15) is 0 Å². The van der Waals surface area contributed by atoms with E-state index in [4.69, 9.17) is 9.47 Å². The van der Waals surface area contributed by atoms with E-state index in [1.807, 2.05) is 0 Å². The Morgan fingerprint density at radius 1 is 0.960 bits per heavy atom. The molecule has 25 heavy (non-hydrogen) atoms. The molecule has 0 fully saturated rings. The fraction of sp³-hybridized carbons (Fsp3) is 0.111. The van der Waals surface area contributed by atoms with Gasteiger partial charge in [0.25, 0.3) is 0 Å². The van der Waals surface area contributed by atoms with Crippen LogP contribution in [-0.2, 0) is 9.53 Å². The number of hydrogen-bond acceptors (Lipinski definition) is 7. The number of hydrogen-bond donors (Lipinski definition) is 2. The van der Waals surface area contributed by atoms with Crippen molar-refractivity contribution in [1.29, 1.82) is 0 Å². The molecule has 0 amide bonds. The predicted molar refractivity (Wildman–Crippen MR) is 88.8 cm³/mol. The van der Waals surface area contributed by atoms with Gasteiger partial charge in [0.15, 0.2) is 23.0 Å². The van der Waals surface area contributed by atoms with Crippen LogP contribution in [0.3, 0.4) is 0 Å². The summed E-state index contributed by atoms with van der Waals surface area (Å²) in [5.41, 5.74) is 0.759. The molecule has 0 atom stereocenters. The molecule has 0 aliphatic rings. The van der Waals surface area contributed by atoms with Crippen molar-refractivity contribution < 1.29 is 34.0 Å². The molecule has 2 N–H and O–H groups in total. The van der Waals surface area contributed by atoms with Gasteiger partial charge < -0.3 is 24.4 Å². The molecule has 0 spiro atoms. The maximum atomic E-state index is 11.9. The Morgan fingerprint density at radius 2 is 1.72 bits per heavy atom. The summed E-state index contributed by atoms with van der Waals surface area (Å²) in [6.45, 7) is 0. The van der Waals surface area contributed by atoms with Gasteiger partial charge in [0.2, 0.25) is 0 Å². The summed E-state index contributed by atoms with van der Waals surface area (Å²) in [5.74, 6) is -1.43. The molecule has 7 heteroatoms. The first kappa shape index (κ1) is 17.9. The van der Waals surface area contributed by atoms with Gasteiger partial charge in [-0.3, -0.25) is 0 Å². The molecule has 2 aromatic carbocycles. The van der Waals surface area contributed by atoms with Crippen molar-refractivity contribution in [3.63, 3.8) is 0 Å². The zero-order chi connectivity index (χ0) is 18.4. The number of carbonyl (C=O) groups is 2. The SMILES string of the molecule is COC(=O)c1ccc(OC(=O)/C=C/c2ccc(O)c(O)c2)c(OC)c1. The average Bonchev–Trinajstić information content (AvgIpc) is 2.62. The third-order valence-electron chi connectivity index (χ3n) is 3.21. The van der Waals surface area contributed by atoms with E-state index < -0.39 is 11.9 Å². The quantitative estimate of drug-likeness (QED) is 0.372. The standard InChI is InChI=1S/C18H16O7/c1-23-16-10-12(18(22)24-2)5-7-15(16)25-17(21)8-4-11-3-6-13(19)14(20)9-11/h3-10,19-20H,1-2H3/b8-4+. The Bertz CT molecular complexity index is 824. The van der Waals surface area contributed by atoms with Gasteiger partial charge in [0.1, 0.15) is 0 Å². The van der Waals surface area contributed by atoms with E-state index in [0.717, 1.165) is 6.08 Å². The third kappa shape index (κ3) is 4.51. The monoisotopic (exact) mass is 344 g/mol. The lowest BCUT2D eigenvalue weighted by Crippen LogP contribution is -2.07. The summed E-state index contributed by atoms with van der Waals surface area (Å²) in [5, 5.41) is 18.6. The second-order valence-electron chi connectivity index (χ2n) is 4.86. The minimum atomic E-state index is -0.684. The molecule has 0 aromatic heterocycles. The Hall–Kier alpha value is -3.48. The van der Waals surface area contributed by atoms with E-state index in [0.29, 0.717) is 5.56 Å². The van der Waals surface area contributed by atoms with Gasteiger partial charge in [0.05, 0.1) is 19.8 Å². The summed E-state index contributed by atoms with van der Waals surface area (Å²) in [6.07, 6.45) is 2.57. The molecule has 0 bridgehead atoms. The maximum Gasteiger partial charge on any atom is 0.337 e. The van der Waals surface area contributed by atoms with E-state index in [-0.39, 0.29) is 28.6 Å². The van der Waals surface area contributed by atoms with Gasteiger partial charge >= 0.3 is 11.9 Å². The van der Waals surface area contributed by atoms with E-state index in [9.17, 15) is 19.8 Å². The van der Waals surface area contributed by atoms with E-state index in [1.54, 1.807) is 0 Å². The molecule has 0 radical (unpaired) electrons. The molecule has 0 heterocycles. The van der Waals surface area contributed by atoms with Crippen LogP contribution in [0.1, 0.15) is 15.9 Å². The highest BCUT2D eigenvalue weighted by atomic mass is 16.6. The van der Waals surface area contributed by atoms with Crippen LogP contribution in [0.4, 0.5) is 0 Å². The number of phenolic OH excluding ortho intramolecular Hbond substituents is 2. The van der Waals surface area contributed by atoms with Crippen LogP contribution in [0, 0.1) is 0 Å². The molecule has 7 nitrogen and oxygen atoms in total. The predicted octanol–water partition coefficient (Wildman–Crippen LogP) is 2.51. The number of carbonyl (C=O) groups excluding carboxylic acids is 2. The zero-order valence-corrected chi connectivity index (χ0v) is 13.6. The number of esters is 2. The molecule has 0 saturated carbocycles. The maximum absolute atomic E-state index is 11.9. The second-order valence-corrected chi connectivity index (χ2v) is 4.86. The minimum absolute atomic E-state index is 0.137. The number of benzene rings is 2. The second kappa shape index (κ2) is 7.87. The number of ether oxygens (including phenoxy) is 3. The normalized spacial score (nSPS) is 10.5. The largest absolute Gasteiger partial charge is 0.504 e. The van der Waals surface area contributed by atoms with E-state index in [1.165, 1.54) is 56.7 Å². The highest BCUT2D eigenvalue weighted by Crippen LogP contribution is 2.29. The van der Waals surface area contributed by atoms with Crippen molar-refractivity contribution >= 4 is 18.0 Å². The molecule has 0 unspecified atom stereocenters. The number of methoxy groups -OCH3 is 2. The van der Waals surface area contributed by atoms with Crippen molar-refractivity contribution in [3.05, 3.63) is 53.6 Å². The van der Waals surface area contributed by atoms with Crippen molar-refractivity contribution in [2.24, 2.45) is 0 Å². The van der Waals surface area contributed by atoms with Crippen LogP contribution in [0.2, 0.25) is 0 Å². The minimum Gasteiger partial charge on any atom is -0.504 e. The molecule has 0 aliphatic carbocycles. The van der Waals surface area contributed by atoms with Gasteiger partial charge in [0, 0.05) is 6.08 Å². The average molecular weight is 344 g/mol. The summed E-state index contributed by atoms with van der Waals surface area (Å²) in [6, 6.07) is 8.38. The smallest absolute Gasteiger partial charge is 0.337 e. The topological polar surface area (TPSA) is 102 Å². The number of rotatable bonds is 5. The fourth-order valence-corrected chi connectivity index (χ4v) is 1.95. The lowest BCUT2D eigenvalue weighted by atomic mass is 10.2. The van der Waals surface area contributed by atoms with Crippen LogP contribution in [0.5, 0.6) is 23.0 Å². The Balaban J connectivity index is 2.12. The number of phenols is 2. The van der Waals surface area contributed by atoms with Crippen molar-refractivity contribution in [2.45, 2.75) is 0 Å². The lowest BCUT2D eigenvalue weighted by molar-refractivity contribution is -0.129. The van der Waals surface area contributed by atoms with E-state index >= 15 is 0 Å². The van der Waals surface area contributed by atoms with Crippen LogP contribution in [0.15, 0.2) is 42.5 Å². The Labute approximate surface area is 143 Å². The summed E-state index contributed by atoms with van der Waals surface area (Å²) < 4.78 is 14.9. The van der Waals surface area contributed by atoms with Crippen LogP contribution in [-0.4, -0.2) is 36.4 Å². The van der Waals surface area contributed by atoms with Crippen molar-refractivity contribution in [1.82, 2.24) is 0 Å². The van der Waals surface area contributed by atoms with Crippen molar-refractivity contribution in [2.75, 3.05) is 14.2 Å². The fourth-order valence-electron chi connectivity index (χ4n) is 1.95. The van der Waals surface area contributed by atoms with Gasteiger partial charge in [-0.25, -0.2) is 9.59 Å². The molecule has 0 aliphatic heterocycles. The third-order valence-corrected chi connectivity index (χ3v) is 3.21. The van der Waals surface area contributed by atoms with E-state index in [2.05, 4.69) is 4.74 Å². The first-order valence-corrected chi connectivity index (χ1v) is 7.13. The van der Waals surface area contributed by atoms with Gasteiger partial charge in [-0.1, -0.05) is 6.07 Å². The highest BCUT2D eigenvalue weighted by molar-refractivity contribution is 5.91. The summed E-state index contributed by atoms with van der Waals surface area (Å²) in [4.78, 5) is 23.4. The molecule has 2 rings (SSSR count). The Morgan fingerprint density at radius 3 is 2.36 bits per heavy atom. The molecule has 2 aromatic rings. The van der Waals surface area contributed by atoms with Crippen LogP contribution < -0.4 is 9.47 Å². The number of aromatic hydroxyl groups is 2.